The number of esters is 2. The van der Waals surface area contributed by atoms with Gasteiger partial charge in [0.15, 0.2) is 17.0 Å². The van der Waals surface area contributed by atoms with E-state index in [1.165, 1.54) is 49.4 Å². The molecule has 10 nitrogen and oxygen atoms in total. The lowest BCUT2D eigenvalue weighted by atomic mass is 9.98. The average Bonchev–Trinajstić information content (AvgIpc) is 3.57. The fraction of sp³-hybridized carbons (Fsp3) is 0.719. The lowest BCUT2D eigenvalue weighted by molar-refractivity contribution is -0.166. The Labute approximate surface area is 254 Å². The van der Waals surface area contributed by atoms with Gasteiger partial charge in [0.25, 0.3) is 0 Å². The molecule has 1 aliphatic heterocycles. The highest BCUT2D eigenvalue weighted by Gasteiger charge is 2.52. The minimum atomic E-state index is -1.54. The molecule has 3 rings (SSSR count). The molecule has 43 heavy (non-hydrogen) atoms. The van der Waals surface area contributed by atoms with E-state index < -0.39 is 30.0 Å². The van der Waals surface area contributed by atoms with Crippen molar-refractivity contribution >= 4 is 28.9 Å². The SMILES string of the molecule is C#CC1(COC(=O)CCCCCCCCC)O[C@@H](n2cnc3c(N)nc(F)nc32)C[C@@H]1OC(=O)CCCCCCCCC. The van der Waals surface area contributed by atoms with E-state index in [0.29, 0.717) is 6.42 Å². The van der Waals surface area contributed by atoms with E-state index in [0.717, 1.165) is 44.9 Å². The third kappa shape index (κ3) is 10.2. The quantitative estimate of drug-likeness (QED) is 0.0774. The summed E-state index contributed by atoms with van der Waals surface area (Å²) in [5.41, 5.74) is 4.61. The van der Waals surface area contributed by atoms with E-state index in [1.54, 1.807) is 0 Å². The second kappa shape index (κ2) is 17.8. The topological polar surface area (TPSA) is 131 Å². The van der Waals surface area contributed by atoms with Gasteiger partial charge >= 0.3 is 18.0 Å². The van der Waals surface area contributed by atoms with Crippen molar-refractivity contribution in [2.45, 2.75) is 141 Å². The zero-order chi connectivity index (χ0) is 31.1. The van der Waals surface area contributed by atoms with Crippen molar-refractivity contribution in [3.05, 3.63) is 12.4 Å². The van der Waals surface area contributed by atoms with Crippen molar-refractivity contribution in [1.29, 1.82) is 0 Å². The van der Waals surface area contributed by atoms with E-state index in [2.05, 4.69) is 34.7 Å². The van der Waals surface area contributed by atoms with E-state index in [-0.39, 0.29) is 48.8 Å². The lowest BCUT2D eigenvalue weighted by Crippen LogP contribution is -2.45. The number of ether oxygens (including phenoxy) is 3. The molecule has 11 heteroatoms. The number of nitrogen functional groups attached to an aromatic ring is 1. The smallest absolute Gasteiger partial charge is 0.312 e. The van der Waals surface area contributed by atoms with Gasteiger partial charge in [-0.2, -0.15) is 14.4 Å². The standard InChI is InChI=1S/C32H48FN5O5/c1-4-7-9-11-13-15-17-19-26(39)41-22-32(6-3)24(42-27(40)20-18-16-14-12-10-8-5-2)21-25(43-32)38-23-35-28-29(34)36-31(33)37-30(28)38/h3,23-25H,4-5,7-22H2,1-2H3,(H2,34,36,37)/t24-,25+,32?/m0/s1. The molecule has 1 saturated heterocycles. The Hall–Kier alpha value is -3.26. The van der Waals surface area contributed by atoms with Gasteiger partial charge in [-0.15, -0.1) is 6.42 Å². The van der Waals surface area contributed by atoms with Crippen LogP contribution in [-0.2, 0) is 23.8 Å². The Kier molecular flexibility index (Phi) is 14.1. The predicted octanol–water partition coefficient (Wildman–Crippen LogP) is 6.57. The molecule has 2 aromatic heterocycles. The minimum Gasteiger partial charge on any atom is -0.461 e. The molecule has 0 spiro atoms. The number of halogens is 1. The predicted molar refractivity (Wildman–Crippen MR) is 162 cm³/mol. The van der Waals surface area contributed by atoms with Crippen molar-refractivity contribution in [1.82, 2.24) is 19.5 Å². The van der Waals surface area contributed by atoms with Crippen molar-refractivity contribution < 1.29 is 28.2 Å². The molecule has 0 aliphatic carbocycles. The van der Waals surface area contributed by atoms with Crippen LogP contribution in [0.5, 0.6) is 0 Å². The number of imidazole rings is 1. The highest BCUT2D eigenvalue weighted by molar-refractivity contribution is 5.81. The number of rotatable bonds is 20. The van der Waals surface area contributed by atoms with Crippen LogP contribution in [0.3, 0.4) is 0 Å². The first-order valence-electron chi connectivity index (χ1n) is 16.0. The normalized spacial score (nSPS) is 19.9. The molecule has 1 fully saturated rings. The van der Waals surface area contributed by atoms with E-state index in [4.69, 9.17) is 26.4 Å². The molecule has 0 aromatic carbocycles. The van der Waals surface area contributed by atoms with Gasteiger partial charge in [-0.25, -0.2) is 4.98 Å². The second-order valence-electron chi connectivity index (χ2n) is 11.4. The molecular weight excluding hydrogens is 553 g/mol. The van der Waals surface area contributed by atoms with Gasteiger partial charge in [-0.1, -0.05) is 96.8 Å². The van der Waals surface area contributed by atoms with Crippen LogP contribution >= 0.6 is 0 Å². The van der Waals surface area contributed by atoms with Crippen LogP contribution in [-0.4, -0.2) is 49.8 Å². The van der Waals surface area contributed by atoms with Crippen LogP contribution in [0.2, 0.25) is 0 Å². The van der Waals surface area contributed by atoms with Gasteiger partial charge in [0.05, 0.1) is 6.33 Å². The fourth-order valence-electron chi connectivity index (χ4n) is 5.40. The lowest BCUT2D eigenvalue weighted by Gasteiger charge is -2.28. The number of fused-ring (bicyclic) bond motifs is 1. The van der Waals surface area contributed by atoms with E-state index in [9.17, 15) is 14.0 Å². The first-order valence-corrected chi connectivity index (χ1v) is 16.0. The van der Waals surface area contributed by atoms with Crippen molar-refractivity contribution in [2.24, 2.45) is 0 Å². The summed E-state index contributed by atoms with van der Waals surface area (Å²) in [6, 6.07) is 0. The number of hydrogen-bond acceptors (Lipinski definition) is 9. The minimum absolute atomic E-state index is 0.112. The molecule has 2 N–H and O–H groups in total. The highest BCUT2D eigenvalue weighted by Crippen LogP contribution is 2.40. The zero-order valence-electron chi connectivity index (χ0n) is 25.8. The summed E-state index contributed by atoms with van der Waals surface area (Å²) in [5.74, 6) is 1.70. The molecule has 0 amide bonds. The second-order valence-corrected chi connectivity index (χ2v) is 11.4. The summed E-state index contributed by atoms with van der Waals surface area (Å²) < 4.78 is 33.2. The van der Waals surface area contributed by atoms with E-state index in [1.807, 2.05) is 0 Å². The Morgan fingerprint density at radius 3 is 2.19 bits per heavy atom. The molecule has 1 aliphatic rings. The maximum Gasteiger partial charge on any atom is 0.312 e. The van der Waals surface area contributed by atoms with Gasteiger partial charge in [-0.05, 0) is 12.8 Å². The summed E-state index contributed by atoms with van der Waals surface area (Å²) in [5, 5.41) is 0. The third-order valence-electron chi connectivity index (χ3n) is 7.95. The molecule has 3 heterocycles. The van der Waals surface area contributed by atoms with Gasteiger partial charge in [-0.3, -0.25) is 14.2 Å². The number of anilines is 1. The largest absolute Gasteiger partial charge is 0.461 e. The summed E-state index contributed by atoms with van der Waals surface area (Å²) in [4.78, 5) is 37.0. The van der Waals surface area contributed by atoms with Crippen LogP contribution in [0.1, 0.15) is 129 Å². The van der Waals surface area contributed by atoms with Crippen molar-refractivity contribution in [2.75, 3.05) is 12.3 Å². The molecule has 0 radical (unpaired) electrons. The summed E-state index contributed by atoms with van der Waals surface area (Å²) in [7, 11) is 0. The molecule has 2 aromatic rings. The first-order chi connectivity index (χ1) is 20.8. The zero-order valence-corrected chi connectivity index (χ0v) is 25.8. The molecule has 0 saturated carbocycles. The van der Waals surface area contributed by atoms with Crippen LogP contribution in [0.15, 0.2) is 6.33 Å². The summed E-state index contributed by atoms with van der Waals surface area (Å²) in [6.07, 6.45) is 20.3. The fourth-order valence-corrected chi connectivity index (χ4v) is 5.40. The number of carbonyl (C=O) groups is 2. The van der Waals surface area contributed by atoms with Crippen LogP contribution in [0.4, 0.5) is 10.2 Å². The van der Waals surface area contributed by atoms with Crippen LogP contribution in [0.25, 0.3) is 11.2 Å². The monoisotopic (exact) mass is 601 g/mol. The number of nitrogens with zero attached hydrogens (tertiary/aromatic N) is 4. The molecule has 3 atom stereocenters. The summed E-state index contributed by atoms with van der Waals surface area (Å²) >= 11 is 0. The number of unbranched alkanes of at least 4 members (excludes halogenated alkanes) is 12. The van der Waals surface area contributed by atoms with Crippen molar-refractivity contribution in [3.8, 4) is 12.3 Å². The number of hydrogen-bond donors (Lipinski definition) is 1. The van der Waals surface area contributed by atoms with Gasteiger partial charge < -0.3 is 19.9 Å². The number of nitrogens with two attached hydrogens (primary N) is 1. The Morgan fingerprint density at radius 1 is 1.00 bits per heavy atom. The van der Waals surface area contributed by atoms with E-state index >= 15 is 0 Å². The average molecular weight is 602 g/mol. The highest BCUT2D eigenvalue weighted by atomic mass is 19.1. The molecular formula is C32H48FN5O5. The third-order valence-corrected chi connectivity index (χ3v) is 7.95. The van der Waals surface area contributed by atoms with Gasteiger partial charge in [0.2, 0.25) is 5.60 Å². The molecule has 1 unspecified atom stereocenters. The molecule has 238 valence electrons. The van der Waals surface area contributed by atoms with Crippen molar-refractivity contribution in [3.63, 3.8) is 0 Å². The Bertz CT molecular complexity index is 1210. The van der Waals surface area contributed by atoms with Gasteiger partial charge in [0, 0.05) is 19.3 Å². The number of terminal acetylenes is 1. The Balaban J connectivity index is 1.65. The first kappa shape index (κ1) is 34.2. The Morgan fingerprint density at radius 2 is 1.58 bits per heavy atom. The summed E-state index contributed by atoms with van der Waals surface area (Å²) in [6.45, 7) is 4.07. The molecule has 0 bridgehead atoms. The van der Waals surface area contributed by atoms with Crippen LogP contribution in [0, 0.1) is 18.4 Å². The maximum absolute atomic E-state index is 14.0. The van der Waals surface area contributed by atoms with Crippen LogP contribution < -0.4 is 5.73 Å². The number of carbonyl (C=O) groups excluding carboxylic acids is 2. The number of aromatic nitrogens is 4. The maximum atomic E-state index is 14.0. The van der Waals surface area contributed by atoms with Gasteiger partial charge in [0.1, 0.15) is 18.9 Å².